The van der Waals surface area contributed by atoms with Crippen LogP contribution in [0.2, 0.25) is 0 Å². The Morgan fingerprint density at radius 2 is 1.53 bits per heavy atom. The van der Waals surface area contributed by atoms with Gasteiger partial charge in [-0.25, -0.2) is 5.09 Å². The number of benzene rings is 1. The number of hydrogen-bond acceptors (Lipinski definition) is 7. The minimum Gasteiger partial charge on any atom is -0.462 e. The highest BCUT2D eigenvalue weighted by Gasteiger charge is 2.34. The molecule has 0 aromatic heterocycles. The predicted octanol–water partition coefficient (Wildman–Crippen LogP) is 4.37. The van der Waals surface area contributed by atoms with Crippen molar-refractivity contribution in [2.45, 2.75) is 72.4 Å². The lowest BCUT2D eigenvalue weighted by molar-refractivity contribution is -0.149. The molecule has 0 aliphatic carbocycles. The second kappa shape index (κ2) is 10.8. The third kappa shape index (κ3) is 8.38. The largest absolute Gasteiger partial charge is 0.462 e. The highest BCUT2D eigenvalue weighted by molar-refractivity contribution is 7.86. The Kier molecular flexibility index (Phi) is 9.54. The van der Waals surface area contributed by atoms with Crippen LogP contribution >= 0.6 is 7.52 Å². The number of rotatable bonds is 11. The van der Waals surface area contributed by atoms with Gasteiger partial charge in [-0.15, -0.1) is 0 Å². The fourth-order valence-corrected chi connectivity index (χ4v) is 5.38. The predicted molar refractivity (Wildman–Crippen MR) is 117 cm³/mol. The average Bonchev–Trinajstić information content (AvgIpc) is 2.58. The molecule has 8 nitrogen and oxygen atoms in total. The maximum atomic E-state index is 13.6. The van der Waals surface area contributed by atoms with E-state index in [0.717, 1.165) is 17.4 Å². The van der Waals surface area contributed by atoms with Gasteiger partial charge in [-0.1, -0.05) is 45.9 Å². The molecule has 0 spiro atoms. The summed E-state index contributed by atoms with van der Waals surface area (Å²) >= 11 is 0. The van der Waals surface area contributed by atoms with Gasteiger partial charge in [0.25, 0.3) is 10.1 Å². The summed E-state index contributed by atoms with van der Waals surface area (Å²) in [6, 6.07) is 4.62. The maximum absolute atomic E-state index is 13.6. The summed E-state index contributed by atoms with van der Waals surface area (Å²) in [4.78, 5) is 12.2. The molecule has 1 aromatic rings. The van der Waals surface area contributed by atoms with Crippen LogP contribution in [0.4, 0.5) is 0 Å². The van der Waals surface area contributed by atoms with Crippen molar-refractivity contribution in [2.24, 2.45) is 0 Å². The van der Waals surface area contributed by atoms with E-state index in [1.54, 1.807) is 13.8 Å². The van der Waals surface area contributed by atoms with Gasteiger partial charge in [0.05, 0.1) is 12.4 Å². The summed E-state index contributed by atoms with van der Waals surface area (Å²) in [7, 11) is -7.86. The number of para-hydroxylation sites is 1. The summed E-state index contributed by atoms with van der Waals surface area (Å²) < 4.78 is 52.6. The molecule has 2 atom stereocenters. The first-order valence-electron chi connectivity index (χ1n) is 9.89. The molecule has 10 heteroatoms. The SMILES string of the molecule is CC(C)OC(=O)[C@H](C)NP(=O)(COS(C)(=O)=O)Oc1c(C(C)C)cccc1C(C)C. The van der Waals surface area contributed by atoms with Crippen LogP contribution in [-0.4, -0.2) is 39.1 Å². The first kappa shape index (κ1) is 26.6. The summed E-state index contributed by atoms with van der Waals surface area (Å²) in [6.45, 7) is 12.8. The lowest BCUT2D eigenvalue weighted by atomic mass is 9.94. The summed E-state index contributed by atoms with van der Waals surface area (Å²) in [5.74, 6) is -0.105. The van der Waals surface area contributed by atoms with Crippen molar-refractivity contribution in [3.63, 3.8) is 0 Å². The zero-order valence-electron chi connectivity index (χ0n) is 19.0. The summed E-state index contributed by atoms with van der Waals surface area (Å²) in [5, 5.41) is 2.62. The van der Waals surface area contributed by atoms with Gasteiger partial charge in [-0.2, -0.15) is 8.42 Å². The van der Waals surface area contributed by atoms with Gasteiger partial charge in [-0.05, 0) is 43.7 Å². The molecule has 1 aromatic carbocycles. The van der Waals surface area contributed by atoms with Gasteiger partial charge in [0.15, 0.2) is 6.35 Å². The molecule has 172 valence electrons. The molecule has 0 heterocycles. The second-order valence-corrected chi connectivity index (χ2v) is 11.8. The van der Waals surface area contributed by atoms with Crippen LogP contribution in [0.1, 0.15) is 71.4 Å². The lowest BCUT2D eigenvalue weighted by Crippen LogP contribution is -2.37. The Bertz CT molecular complexity index is 855. The minimum absolute atomic E-state index is 0.0614. The summed E-state index contributed by atoms with van der Waals surface area (Å²) in [6.07, 6.45) is -0.256. The first-order valence-corrected chi connectivity index (χ1v) is 13.5. The number of esters is 1. The van der Waals surface area contributed by atoms with E-state index >= 15 is 0 Å². The van der Waals surface area contributed by atoms with E-state index in [1.165, 1.54) is 6.92 Å². The highest BCUT2D eigenvalue weighted by Crippen LogP contribution is 2.48. The quantitative estimate of drug-likeness (QED) is 0.293. The van der Waals surface area contributed by atoms with Crippen LogP contribution in [0.25, 0.3) is 0 Å². The van der Waals surface area contributed by atoms with Gasteiger partial charge in [0.1, 0.15) is 11.8 Å². The number of hydrogen-bond donors (Lipinski definition) is 1. The molecule has 0 aliphatic heterocycles. The lowest BCUT2D eigenvalue weighted by Gasteiger charge is -2.27. The van der Waals surface area contributed by atoms with Crippen molar-refractivity contribution in [1.82, 2.24) is 5.09 Å². The van der Waals surface area contributed by atoms with Gasteiger partial charge in [0.2, 0.25) is 0 Å². The first-order chi connectivity index (χ1) is 13.6. The third-order valence-corrected chi connectivity index (χ3v) is 6.54. The van der Waals surface area contributed by atoms with Crippen LogP contribution in [0.15, 0.2) is 18.2 Å². The smallest absolute Gasteiger partial charge is 0.344 e. The molecule has 0 aliphatic rings. The molecule has 1 N–H and O–H groups in total. The van der Waals surface area contributed by atoms with Crippen LogP contribution in [-0.2, 0) is 28.4 Å². The van der Waals surface area contributed by atoms with Crippen molar-refractivity contribution >= 4 is 23.6 Å². The second-order valence-electron chi connectivity index (χ2n) is 8.13. The van der Waals surface area contributed by atoms with Crippen molar-refractivity contribution in [1.29, 1.82) is 0 Å². The van der Waals surface area contributed by atoms with E-state index < -0.39 is 36.0 Å². The molecular formula is C20H34NO7PS. The van der Waals surface area contributed by atoms with Gasteiger partial charge < -0.3 is 9.26 Å². The molecule has 0 radical (unpaired) electrons. The Labute approximate surface area is 180 Å². The zero-order valence-corrected chi connectivity index (χ0v) is 20.7. The van der Waals surface area contributed by atoms with Gasteiger partial charge in [-0.3, -0.25) is 13.5 Å². The Morgan fingerprint density at radius 3 is 1.93 bits per heavy atom. The number of carbonyl (C=O) groups excluding carboxylic acids is 1. The van der Waals surface area contributed by atoms with Crippen LogP contribution in [0, 0.1) is 0 Å². The Balaban J connectivity index is 3.37. The Morgan fingerprint density at radius 1 is 1.03 bits per heavy atom. The number of ether oxygens (including phenoxy) is 1. The van der Waals surface area contributed by atoms with E-state index in [-0.39, 0.29) is 17.9 Å². The van der Waals surface area contributed by atoms with E-state index in [2.05, 4.69) is 5.09 Å². The molecule has 0 amide bonds. The van der Waals surface area contributed by atoms with E-state index in [4.69, 9.17) is 13.4 Å². The molecule has 0 saturated heterocycles. The maximum Gasteiger partial charge on any atom is 0.344 e. The van der Waals surface area contributed by atoms with Crippen LogP contribution in [0.5, 0.6) is 5.75 Å². The highest BCUT2D eigenvalue weighted by atomic mass is 32.2. The van der Waals surface area contributed by atoms with Crippen molar-refractivity contribution in [3.8, 4) is 5.75 Å². The van der Waals surface area contributed by atoms with Gasteiger partial charge in [0, 0.05) is 0 Å². The molecule has 0 bridgehead atoms. The van der Waals surface area contributed by atoms with E-state index in [9.17, 15) is 17.8 Å². The van der Waals surface area contributed by atoms with Crippen LogP contribution < -0.4 is 9.61 Å². The Hall–Kier alpha value is -1.41. The van der Waals surface area contributed by atoms with Crippen molar-refractivity contribution in [2.75, 3.05) is 12.6 Å². The van der Waals surface area contributed by atoms with E-state index in [1.807, 2.05) is 45.9 Å². The third-order valence-electron chi connectivity index (χ3n) is 4.09. The van der Waals surface area contributed by atoms with Gasteiger partial charge >= 0.3 is 13.5 Å². The standard InChI is InChI=1S/C20H34NO7PS/c1-13(2)17-10-9-11-18(14(3)4)19(17)28-29(23,12-26-30(8,24)25)21-16(7)20(22)27-15(5)6/h9-11,13-16H,12H2,1-8H3,(H,21,23)/t16-,29?/m0/s1. The average molecular weight is 464 g/mol. The molecule has 0 saturated carbocycles. The molecule has 0 fully saturated rings. The normalized spacial score (nSPS) is 15.3. The van der Waals surface area contributed by atoms with E-state index in [0.29, 0.717) is 5.75 Å². The monoisotopic (exact) mass is 463 g/mol. The fraction of sp³-hybridized carbons (Fsp3) is 0.650. The molecule has 1 unspecified atom stereocenters. The number of nitrogens with one attached hydrogen (secondary N) is 1. The fourth-order valence-electron chi connectivity index (χ4n) is 2.67. The van der Waals surface area contributed by atoms with Crippen molar-refractivity contribution in [3.05, 3.63) is 29.3 Å². The number of carbonyl (C=O) groups is 1. The molecular weight excluding hydrogens is 429 g/mol. The topological polar surface area (TPSA) is 108 Å². The summed E-state index contributed by atoms with van der Waals surface area (Å²) in [5.41, 5.74) is 1.64. The molecule has 1 rings (SSSR count). The molecule has 30 heavy (non-hydrogen) atoms. The minimum atomic E-state index is -3.98. The van der Waals surface area contributed by atoms with Crippen molar-refractivity contribution < 1.29 is 31.2 Å². The van der Waals surface area contributed by atoms with Crippen LogP contribution in [0.3, 0.4) is 0 Å². The zero-order chi connectivity index (χ0) is 23.3.